The quantitative estimate of drug-likeness (QED) is 0.145. The van der Waals surface area contributed by atoms with Crippen LogP contribution in [0.1, 0.15) is 58.4 Å². The summed E-state index contributed by atoms with van der Waals surface area (Å²) < 4.78 is 5.32. The van der Waals surface area contributed by atoms with Gasteiger partial charge in [0.25, 0.3) is 5.91 Å². The number of benzene rings is 3. The van der Waals surface area contributed by atoms with Crippen molar-refractivity contribution in [3.63, 3.8) is 0 Å². The Balaban J connectivity index is 1.28. The molecule has 4 rings (SSSR count). The maximum atomic E-state index is 12.8. The van der Waals surface area contributed by atoms with Crippen LogP contribution in [-0.2, 0) is 9.59 Å². The van der Waals surface area contributed by atoms with E-state index < -0.39 is 17.8 Å². The summed E-state index contributed by atoms with van der Waals surface area (Å²) >= 11 is 0. The van der Waals surface area contributed by atoms with E-state index in [2.05, 4.69) is 21.2 Å². The fourth-order valence-electron chi connectivity index (χ4n) is 4.06. The normalized spacial score (nSPS) is 13.5. The van der Waals surface area contributed by atoms with Gasteiger partial charge in [0.05, 0.1) is 23.0 Å². The van der Waals surface area contributed by atoms with E-state index in [1.807, 2.05) is 6.07 Å². The Morgan fingerprint density at radius 3 is 2.21 bits per heavy atom. The number of amides is 3. The predicted molar refractivity (Wildman–Crippen MR) is 143 cm³/mol. The van der Waals surface area contributed by atoms with Crippen LogP contribution in [0.3, 0.4) is 0 Å². The Morgan fingerprint density at radius 1 is 0.789 bits per heavy atom. The third-order valence-electron chi connectivity index (χ3n) is 6.05. The SMILES string of the molecule is O=C(NN=Cc1ccc(OC(=O)c2ccccc2)cc1)C(=O)Nc1ccccc1C(=O)NC1CCCCC1. The molecule has 1 fully saturated rings. The summed E-state index contributed by atoms with van der Waals surface area (Å²) in [6.45, 7) is 0. The largest absolute Gasteiger partial charge is 0.423 e. The molecular weight excluding hydrogens is 484 g/mol. The lowest BCUT2D eigenvalue weighted by molar-refractivity contribution is -0.136. The van der Waals surface area contributed by atoms with E-state index in [4.69, 9.17) is 4.74 Å². The molecule has 0 bridgehead atoms. The molecule has 1 aliphatic rings. The van der Waals surface area contributed by atoms with Crippen molar-refractivity contribution in [2.24, 2.45) is 5.10 Å². The molecule has 9 nitrogen and oxygen atoms in total. The van der Waals surface area contributed by atoms with E-state index in [1.165, 1.54) is 12.6 Å². The van der Waals surface area contributed by atoms with Gasteiger partial charge in [-0.1, -0.05) is 49.6 Å². The summed E-state index contributed by atoms with van der Waals surface area (Å²) in [5.74, 6) is -2.35. The lowest BCUT2D eigenvalue weighted by Gasteiger charge is -2.23. The van der Waals surface area contributed by atoms with E-state index >= 15 is 0 Å². The molecule has 0 atom stereocenters. The van der Waals surface area contributed by atoms with Gasteiger partial charge in [0, 0.05) is 6.04 Å². The minimum Gasteiger partial charge on any atom is -0.423 e. The molecule has 0 spiro atoms. The molecule has 0 unspecified atom stereocenters. The van der Waals surface area contributed by atoms with Crippen LogP contribution in [0.2, 0.25) is 0 Å². The fourth-order valence-corrected chi connectivity index (χ4v) is 4.06. The van der Waals surface area contributed by atoms with Crippen molar-refractivity contribution < 1.29 is 23.9 Å². The van der Waals surface area contributed by atoms with Crippen LogP contribution in [0.4, 0.5) is 5.69 Å². The summed E-state index contributed by atoms with van der Waals surface area (Å²) in [4.78, 5) is 49.5. The Kier molecular flexibility index (Phi) is 8.96. The standard InChI is InChI=1S/C29H28N4O5/c34-26(31-22-11-5-2-6-12-22)24-13-7-8-14-25(24)32-27(35)28(36)33-30-19-20-15-17-23(18-16-20)38-29(37)21-9-3-1-4-10-21/h1,3-4,7-10,13-19,22H,2,5-6,11-12H2,(H,31,34)(H,32,35)(H,33,36). The molecule has 0 saturated heterocycles. The van der Waals surface area contributed by atoms with Crippen LogP contribution >= 0.6 is 0 Å². The van der Waals surface area contributed by atoms with Gasteiger partial charge in [0.15, 0.2) is 0 Å². The van der Waals surface area contributed by atoms with Gasteiger partial charge in [-0.15, -0.1) is 0 Å². The first-order chi connectivity index (χ1) is 18.5. The van der Waals surface area contributed by atoms with E-state index in [0.717, 1.165) is 25.7 Å². The molecule has 9 heteroatoms. The number of ether oxygens (including phenoxy) is 1. The van der Waals surface area contributed by atoms with E-state index in [-0.39, 0.29) is 23.2 Å². The highest BCUT2D eigenvalue weighted by atomic mass is 16.5. The lowest BCUT2D eigenvalue weighted by Crippen LogP contribution is -2.37. The van der Waals surface area contributed by atoms with Gasteiger partial charge in [-0.05, 0) is 66.9 Å². The summed E-state index contributed by atoms with van der Waals surface area (Å²) in [5, 5.41) is 9.30. The molecule has 3 N–H and O–H groups in total. The number of hydrazone groups is 1. The third kappa shape index (κ3) is 7.36. The van der Waals surface area contributed by atoms with Crippen molar-refractivity contribution in [1.29, 1.82) is 0 Å². The summed E-state index contributed by atoms with van der Waals surface area (Å²) in [5.41, 5.74) is 3.74. The number of carbonyl (C=O) groups excluding carboxylic acids is 4. The van der Waals surface area contributed by atoms with Gasteiger partial charge in [0.2, 0.25) is 0 Å². The first kappa shape index (κ1) is 26.3. The molecule has 3 amide bonds. The second-order valence-electron chi connectivity index (χ2n) is 8.83. The van der Waals surface area contributed by atoms with Crippen LogP contribution < -0.4 is 20.8 Å². The number of hydrogen-bond acceptors (Lipinski definition) is 6. The highest BCUT2D eigenvalue weighted by Gasteiger charge is 2.21. The second kappa shape index (κ2) is 13.0. The highest BCUT2D eigenvalue weighted by molar-refractivity contribution is 6.40. The number of nitrogens with zero attached hydrogens (tertiary/aromatic N) is 1. The smallest absolute Gasteiger partial charge is 0.343 e. The Labute approximate surface area is 220 Å². The average Bonchev–Trinajstić information content (AvgIpc) is 2.95. The molecule has 0 aliphatic heterocycles. The number of anilines is 1. The first-order valence-corrected chi connectivity index (χ1v) is 12.4. The highest BCUT2D eigenvalue weighted by Crippen LogP contribution is 2.20. The van der Waals surface area contributed by atoms with Crippen molar-refractivity contribution in [1.82, 2.24) is 10.7 Å². The first-order valence-electron chi connectivity index (χ1n) is 12.4. The van der Waals surface area contributed by atoms with Crippen molar-refractivity contribution in [3.05, 3.63) is 95.6 Å². The zero-order valence-corrected chi connectivity index (χ0v) is 20.7. The number of carbonyl (C=O) groups is 4. The maximum Gasteiger partial charge on any atom is 0.343 e. The number of hydrogen-bond donors (Lipinski definition) is 3. The van der Waals surface area contributed by atoms with Crippen LogP contribution in [0.25, 0.3) is 0 Å². The number of nitrogens with one attached hydrogen (secondary N) is 3. The fraction of sp³-hybridized carbons (Fsp3) is 0.207. The monoisotopic (exact) mass is 512 g/mol. The molecule has 3 aromatic carbocycles. The van der Waals surface area contributed by atoms with Crippen molar-refractivity contribution in [2.45, 2.75) is 38.1 Å². The number of esters is 1. The second-order valence-corrected chi connectivity index (χ2v) is 8.83. The molecule has 1 aliphatic carbocycles. The van der Waals surface area contributed by atoms with Crippen LogP contribution in [-0.4, -0.2) is 35.9 Å². The van der Waals surface area contributed by atoms with Crippen molar-refractivity contribution in [3.8, 4) is 5.75 Å². The Morgan fingerprint density at radius 2 is 1.47 bits per heavy atom. The maximum absolute atomic E-state index is 12.8. The molecule has 0 radical (unpaired) electrons. The number of para-hydroxylation sites is 1. The van der Waals surface area contributed by atoms with Gasteiger partial charge in [-0.25, -0.2) is 10.2 Å². The van der Waals surface area contributed by atoms with Gasteiger partial charge >= 0.3 is 17.8 Å². The summed E-state index contributed by atoms with van der Waals surface area (Å²) in [6.07, 6.45) is 6.54. The van der Waals surface area contributed by atoms with Crippen molar-refractivity contribution >= 4 is 35.6 Å². The van der Waals surface area contributed by atoms with Gasteiger partial charge < -0.3 is 15.4 Å². The van der Waals surface area contributed by atoms with Crippen LogP contribution in [0.5, 0.6) is 5.75 Å². The molecule has 38 heavy (non-hydrogen) atoms. The van der Waals surface area contributed by atoms with Gasteiger partial charge in [-0.3, -0.25) is 14.4 Å². The molecular formula is C29H28N4O5. The minimum absolute atomic E-state index is 0.114. The van der Waals surface area contributed by atoms with E-state index in [9.17, 15) is 19.2 Å². The zero-order valence-electron chi connectivity index (χ0n) is 20.7. The predicted octanol–water partition coefficient (Wildman–Crippen LogP) is 4.06. The number of rotatable bonds is 7. The molecule has 3 aromatic rings. The zero-order chi connectivity index (χ0) is 26.7. The van der Waals surface area contributed by atoms with E-state index in [0.29, 0.717) is 16.9 Å². The Bertz CT molecular complexity index is 1320. The van der Waals surface area contributed by atoms with Gasteiger partial charge in [-0.2, -0.15) is 5.10 Å². The summed E-state index contributed by atoms with van der Waals surface area (Å²) in [6, 6.07) is 21.7. The van der Waals surface area contributed by atoms with Crippen LogP contribution in [0.15, 0.2) is 84.0 Å². The Hall–Kier alpha value is -4.79. The molecule has 0 heterocycles. The van der Waals surface area contributed by atoms with Crippen molar-refractivity contribution in [2.75, 3.05) is 5.32 Å². The minimum atomic E-state index is -0.989. The molecule has 1 saturated carbocycles. The molecule has 194 valence electrons. The molecule has 0 aromatic heterocycles. The van der Waals surface area contributed by atoms with Gasteiger partial charge in [0.1, 0.15) is 5.75 Å². The summed E-state index contributed by atoms with van der Waals surface area (Å²) in [7, 11) is 0. The topological polar surface area (TPSA) is 126 Å². The van der Waals surface area contributed by atoms with E-state index in [1.54, 1.807) is 72.8 Å². The average molecular weight is 513 g/mol. The van der Waals surface area contributed by atoms with Crippen LogP contribution in [0, 0.1) is 0 Å². The third-order valence-corrected chi connectivity index (χ3v) is 6.05. The lowest BCUT2D eigenvalue weighted by atomic mass is 9.95.